The van der Waals surface area contributed by atoms with E-state index in [1.165, 1.54) is 4.57 Å². The summed E-state index contributed by atoms with van der Waals surface area (Å²) >= 11 is 0. The number of rotatable bonds is 6. The Morgan fingerprint density at radius 3 is 2.78 bits per heavy atom. The predicted molar refractivity (Wildman–Crippen MR) is 101 cm³/mol. The van der Waals surface area contributed by atoms with Crippen molar-refractivity contribution in [1.29, 1.82) is 0 Å². The second-order valence-electron chi connectivity index (χ2n) is 6.70. The van der Waals surface area contributed by atoms with E-state index in [2.05, 4.69) is 10.2 Å². The maximum Gasteiger partial charge on any atom is 0.419 e. The minimum absolute atomic E-state index is 0.0171. The van der Waals surface area contributed by atoms with Crippen LogP contribution in [0.5, 0.6) is 0 Å². The Morgan fingerprint density at radius 2 is 1.96 bits per heavy atom. The summed E-state index contributed by atoms with van der Waals surface area (Å²) in [5, 5.41) is 2.80. The van der Waals surface area contributed by atoms with Gasteiger partial charge in [0, 0.05) is 45.7 Å². The van der Waals surface area contributed by atoms with Crippen molar-refractivity contribution in [2.45, 2.75) is 26.3 Å². The van der Waals surface area contributed by atoms with Gasteiger partial charge in [-0.05, 0) is 25.5 Å². The van der Waals surface area contributed by atoms with E-state index in [4.69, 9.17) is 4.42 Å². The summed E-state index contributed by atoms with van der Waals surface area (Å²) in [5.41, 5.74) is 1.24. The molecule has 0 atom stereocenters. The third-order valence-electron chi connectivity index (χ3n) is 4.81. The number of benzene rings is 1. The highest BCUT2D eigenvalue weighted by Gasteiger charge is 2.21. The summed E-state index contributed by atoms with van der Waals surface area (Å²) in [6.07, 6.45) is 1.08. The molecule has 8 heteroatoms. The second-order valence-corrected chi connectivity index (χ2v) is 6.70. The van der Waals surface area contributed by atoms with E-state index in [1.54, 1.807) is 6.07 Å². The van der Waals surface area contributed by atoms with Gasteiger partial charge in [0.05, 0.1) is 12.1 Å². The Morgan fingerprint density at radius 1 is 1.15 bits per heavy atom. The van der Waals surface area contributed by atoms with Gasteiger partial charge in [0.15, 0.2) is 5.58 Å². The number of hydrogen-bond acceptors (Lipinski definition) is 5. The molecule has 146 valence electrons. The first-order chi connectivity index (χ1) is 13.1. The van der Waals surface area contributed by atoms with Gasteiger partial charge >= 0.3 is 5.76 Å². The quantitative estimate of drug-likeness (QED) is 0.802. The van der Waals surface area contributed by atoms with Gasteiger partial charge in [0.1, 0.15) is 0 Å². The molecule has 1 N–H and O–H groups in total. The standard InChI is InChI=1S/C19H26N4O4/c1-2-20-17(24)14-21-9-5-10-22(13-12-21)18(25)8-11-23-15-6-3-4-7-16(15)27-19(23)26/h3-4,6-7H,2,5,8-14H2,1H3,(H,20,24). The van der Waals surface area contributed by atoms with Crippen molar-refractivity contribution >= 4 is 22.9 Å². The molecule has 27 heavy (non-hydrogen) atoms. The zero-order chi connectivity index (χ0) is 19.2. The smallest absolute Gasteiger partial charge is 0.408 e. The molecule has 2 amide bonds. The summed E-state index contributed by atoms with van der Waals surface area (Å²) in [6.45, 7) is 5.93. The lowest BCUT2D eigenvalue weighted by Gasteiger charge is -2.21. The van der Waals surface area contributed by atoms with Crippen LogP contribution in [0.25, 0.3) is 11.1 Å². The monoisotopic (exact) mass is 374 g/mol. The highest BCUT2D eigenvalue weighted by atomic mass is 16.4. The van der Waals surface area contributed by atoms with Crippen LogP contribution in [-0.4, -0.2) is 65.4 Å². The van der Waals surface area contributed by atoms with E-state index in [1.807, 2.05) is 30.0 Å². The molecule has 1 fully saturated rings. The molecule has 0 aliphatic carbocycles. The number of carbonyl (C=O) groups is 2. The maximum absolute atomic E-state index is 12.6. The van der Waals surface area contributed by atoms with Crippen LogP contribution >= 0.6 is 0 Å². The highest BCUT2D eigenvalue weighted by Crippen LogP contribution is 2.13. The van der Waals surface area contributed by atoms with Crippen LogP contribution in [0, 0.1) is 0 Å². The molecule has 1 aliphatic heterocycles. The summed E-state index contributed by atoms with van der Waals surface area (Å²) in [7, 11) is 0. The Hall–Kier alpha value is -2.61. The van der Waals surface area contributed by atoms with Crippen LogP contribution < -0.4 is 11.1 Å². The van der Waals surface area contributed by atoms with Crippen molar-refractivity contribution in [2.75, 3.05) is 39.3 Å². The molecule has 0 bridgehead atoms. The van der Waals surface area contributed by atoms with Crippen LogP contribution in [0.15, 0.2) is 33.5 Å². The summed E-state index contributed by atoms with van der Waals surface area (Å²) < 4.78 is 6.71. The van der Waals surface area contributed by atoms with Gasteiger partial charge in [-0.3, -0.25) is 19.1 Å². The topological polar surface area (TPSA) is 87.8 Å². The van der Waals surface area contributed by atoms with Gasteiger partial charge < -0.3 is 14.6 Å². The van der Waals surface area contributed by atoms with E-state index >= 15 is 0 Å². The lowest BCUT2D eigenvalue weighted by Crippen LogP contribution is -2.40. The zero-order valence-corrected chi connectivity index (χ0v) is 15.6. The molecule has 2 heterocycles. The number of aryl methyl sites for hydroxylation is 1. The molecule has 0 saturated carbocycles. The number of nitrogens with one attached hydrogen (secondary N) is 1. The SMILES string of the molecule is CCNC(=O)CN1CCCN(C(=O)CCn2c(=O)oc3ccccc32)CC1. The molecule has 0 radical (unpaired) electrons. The Labute approximate surface area is 157 Å². The van der Waals surface area contributed by atoms with Gasteiger partial charge in [0.2, 0.25) is 11.8 Å². The van der Waals surface area contributed by atoms with Crippen molar-refractivity contribution < 1.29 is 14.0 Å². The molecule has 1 saturated heterocycles. The normalized spacial score (nSPS) is 15.7. The summed E-state index contributed by atoms with van der Waals surface area (Å²) in [4.78, 5) is 40.3. The first-order valence-corrected chi connectivity index (χ1v) is 9.43. The van der Waals surface area contributed by atoms with Gasteiger partial charge in [-0.2, -0.15) is 0 Å². The fraction of sp³-hybridized carbons (Fsp3) is 0.526. The van der Waals surface area contributed by atoms with Crippen LogP contribution in [0.3, 0.4) is 0 Å². The third kappa shape index (κ3) is 4.77. The molecule has 2 aromatic rings. The van der Waals surface area contributed by atoms with Crippen molar-refractivity contribution in [2.24, 2.45) is 0 Å². The van der Waals surface area contributed by atoms with Gasteiger partial charge in [-0.25, -0.2) is 4.79 Å². The Bertz CT molecular complexity index is 857. The maximum atomic E-state index is 12.6. The van der Waals surface area contributed by atoms with Crippen LogP contribution in [0.4, 0.5) is 0 Å². The Kier molecular flexibility index (Phi) is 6.28. The molecule has 1 aromatic heterocycles. The number of para-hydroxylation sites is 2. The molecule has 0 spiro atoms. The second kappa shape index (κ2) is 8.85. The van der Waals surface area contributed by atoms with Crippen molar-refractivity contribution in [3.8, 4) is 0 Å². The molecule has 1 aromatic carbocycles. The fourth-order valence-corrected chi connectivity index (χ4v) is 3.43. The van der Waals surface area contributed by atoms with Gasteiger partial charge in [-0.1, -0.05) is 12.1 Å². The van der Waals surface area contributed by atoms with E-state index in [0.717, 1.165) is 13.0 Å². The summed E-state index contributed by atoms with van der Waals surface area (Å²) in [5.74, 6) is -0.400. The Balaban J connectivity index is 1.54. The van der Waals surface area contributed by atoms with Crippen LogP contribution in [0.2, 0.25) is 0 Å². The van der Waals surface area contributed by atoms with Crippen LogP contribution in [-0.2, 0) is 16.1 Å². The molecule has 1 aliphatic rings. The first-order valence-electron chi connectivity index (χ1n) is 9.43. The number of fused-ring (bicyclic) bond motifs is 1. The first kappa shape index (κ1) is 19.2. The van der Waals surface area contributed by atoms with E-state index in [-0.39, 0.29) is 18.2 Å². The minimum atomic E-state index is -0.437. The molecular weight excluding hydrogens is 348 g/mol. The van der Waals surface area contributed by atoms with Crippen molar-refractivity contribution in [1.82, 2.24) is 19.7 Å². The number of amides is 2. The van der Waals surface area contributed by atoms with Gasteiger partial charge in [0.25, 0.3) is 0 Å². The average Bonchev–Trinajstić information content (AvgIpc) is 2.80. The lowest BCUT2D eigenvalue weighted by molar-refractivity contribution is -0.131. The van der Waals surface area contributed by atoms with Crippen molar-refractivity contribution in [3.63, 3.8) is 0 Å². The number of nitrogens with zero attached hydrogens (tertiary/aromatic N) is 3. The average molecular weight is 374 g/mol. The zero-order valence-electron chi connectivity index (χ0n) is 15.6. The molecular formula is C19H26N4O4. The number of likely N-dealkylation sites (N-methyl/N-ethyl adjacent to an activating group) is 1. The van der Waals surface area contributed by atoms with E-state index in [0.29, 0.717) is 50.4 Å². The largest absolute Gasteiger partial charge is 0.419 e. The van der Waals surface area contributed by atoms with Crippen LogP contribution in [0.1, 0.15) is 19.8 Å². The molecule has 3 rings (SSSR count). The van der Waals surface area contributed by atoms with E-state index in [9.17, 15) is 14.4 Å². The van der Waals surface area contributed by atoms with E-state index < -0.39 is 5.76 Å². The van der Waals surface area contributed by atoms with Crippen molar-refractivity contribution in [3.05, 3.63) is 34.8 Å². The predicted octanol–water partition coefficient (Wildman–Crippen LogP) is 0.655. The fourth-order valence-electron chi connectivity index (χ4n) is 3.43. The highest BCUT2D eigenvalue weighted by molar-refractivity contribution is 5.78. The number of oxazole rings is 1. The number of hydrogen-bond donors (Lipinski definition) is 1. The molecule has 8 nitrogen and oxygen atoms in total. The minimum Gasteiger partial charge on any atom is -0.408 e. The lowest BCUT2D eigenvalue weighted by atomic mass is 10.3. The number of aromatic nitrogens is 1. The van der Waals surface area contributed by atoms with Gasteiger partial charge in [-0.15, -0.1) is 0 Å². The molecule has 0 unspecified atom stereocenters. The summed E-state index contributed by atoms with van der Waals surface area (Å²) in [6, 6.07) is 7.21. The number of carbonyl (C=O) groups excluding carboxylic acids is 2. The third-order valence-corrected chi connectivity index (χ3v) is 4.81.